The van der Waals surface area contributed by atoms with Crippen molar-refractivity contribution in [2.45, 2.75) is 20.3 Å². The highest BCUT2D eigenvalue weighted by Crippen LogP contribution is 2.40. The van der Waals surface area contributed by atoms with Crippen molar-refractivity contribution in [3.63, 3.8) is 0 Å². The molecule has 3 heteroatoms. The lowest BCUT2D eigenvalue weighted by Crippen LogP contribution is -2.11. The summed E-state index contributed by atoms with van der Waals surface area (Å²) in [5.74, 6) is 1.87. The first kappa shape index (κ1) is 10.3. The fourth-order valence-electron chi connectivity index (χ4n) is 1.86. The predicted octanol–water partition coefficient (Wildman–Crippen LogP) is 1.79. The van der Waals surface area contributed by atoms with Crippen molar-refractivity contribution in [3.05, 3.63) is 22.8 Å². The highest BCUT2D eigenvalue weighted by Gasteiger charge is 2.21. The summed E-state index contributed by atoms with van der Waals surface area (Å²) in [7, 11) is 1.96. The van der Waals surface area contributed by atoms with Crippen LogP contribution in [0.3, 0.4) is 0 Å². The van der Waals surface area contributed by atoms with Gasteiger partial charge in [-0.1, -0.05) is 6.07 Å². The number of rotatable bonds is 3. The second-order valence-electron chi connectivity index (χ2n) is 3.90. The van der Waals surface area contributed by atoms with Gasteiger partial charge in [0.25, 0.3) is 0 Å². The molecule has 1 heterocycles. The first-order chi connectivity index (χ1) is 7.24. The van der Waals surface area contributed by atoms with E-state index >= 15 is 0 Å². The number of benzene rings is 1. The molecule has 2 rings (SSSR count). The first-order valence-corrected chi connectivity index (χ1v) is 5.27. The Morgan fingerprint density at radius 3 is 2.73 bits per heavy atom. The van der Waals surface area contributed by atoms with Crippen LogP contribution in [0.25, 0.3) is 0 Å². The van der Waals surface area contributed by atoms with E-state index in [-0.39, 0.29) is 0 Å². The molecule has 1 aromatic rings. The van der Waals surface area contributed by atoms with Crippen LogP contribution in [-0.2, 0) is 6.42 Å². The molecule has 0 aromatic heterocycles. The van der Waals surface area contributed by atoms with E-state index in [1.807, 2.05) is 7.05 Å². The smallest absolute Gasteiger partial charge is 0.231 e. The van der Waals surface area contributed by atoms with Gasteiger partial charge in [-0.15, -0.1) is 0 Å². The highest BCUT2D eigenvalue weighted by atomic mass is 16.7. The maximum atomic E-state index is 5.51. The van der Waals surface area contributed by atoms with Crippen LogP contribution in [0.5, 0.6) is 11.5 Å². The summed E-state index contributed by atoms with van der Waals surface area (Å²) >= 11 is 0. The molecule has 0 spiro atoms. The Bertz CT molecular complexity index is 374. The average Bonchev–Trinajstić information content (AvgIpc) is 2.70. The summed E-state index contributed by atoms with van der Waals surface area (Å²) < 4.78 is 11.0. The Hall–Kier alpha value is -1.22. The van der Waals surface area contributed by atoms with Crippen LogP contribution in [-0.4, -0.2) is 20.4 Å². The summed E-state index contributed by atoms with van der Waals surface area (Å²) in [6, 6.07) is 2.19. The van der Waals surface area contributed by atoms with E-state index in [4.69, 9.17) is 9.47 Å². The zero-order valence-electron chi connectivity index (χ0n) is 9.52. The van der Waals surface area contributed by atoms with Crippen LogP contribution in [0, 0.1) is 13.8 Å². The highest BCUT2D eigenvalue weighted by molar-refractivity contribution is 5.56. The van der Waals surface area contributed by atoms with Gasteiger partial charge in [-0.2, -0.15) is 0 Å². The molecular weight excluding hydrogens is 190 g/mol. The van der Waals surface area contributed by atoms with Gasteiger partial charge in [0.05, 0.1) is 0 Å². The van der Waals surface area contributed by atoms with Crippen molar-refractivity contribution < 1.29 is 9.47 Å². The number of hydrogen-bond acceptors (Lipinski definition) is 3. The summed E-state index contributed by atoms with van der Waals surface area (Å²) in [6.07, 6.45) is 0.976. The van der Waals surface area contributed by atoms with E-state index in [0.29, 0.717) is 6.79 Å². The number of likely N-dealkylation sites (N-methyl/N-ethyl adjacent to an activating group) is 1. The van der Waals surface area contributed by atoms with Gasteiger partial charge in [0.2, 0.25) is 6.79 Å². The van der Waals surface area contributed by atoms with Crippen LogP contribution in [0.15, 0.2) is 6.07 Å². The Balaban J connectivity index is 2.38. The zero-order valence-corrected chi connectivity index (χ0v) is 9.52. The van der Waals surface area contributed by atoms with Crippen LogP contribution >= 0.6 is 0 Å². The largest absolute Gasteiger partial charge is 0.453 e. The summed E-state index contributed by atoms with van der Waals surface area (Å²) in [4.78, 5) is 0. The monoisotopic (exact) mass is 207 g/mol. The number of fused-ring (bicyclic) bond motifs is 1. The molecule has 3 nitrogen and oxygen atoms in total. The Labute approximate surface area is 90.4 Å². The van der Waals surface area contributed by atoms with Crippen molar-refractivity contribution in [1.82, 2.24) is 5.32 Å². The molecule has 0 amide bonds. The lowest BCUT2D eigenvalue weighted by atomic mass is 10.0. The van der Waals surface area contributed by atoms with Crippen LogP contribution in [0.4, 0.5) is 0 Å². The minimum atomic E-state index is 0.353. The van der Waals surface area contributed by atoms with E-state index < -0.39 is 0 Å². The lowest BCUT2D eigenvalue weighted by molar-refractivity contribution is 0.172. The minimum absolute atomic E-state index is 0.353. The second kappa shape index (κ2) is 4.11. The summed E-state index contributed by atoms with van der Waals surface area (Å²) in [5, 5.41) is 3.15. The molecular formula is C12H17NO2. The van der Waals surface area contributed by atoms with E-state index in [2.05, 4.69) is 25.2 Å². The number of nitrogens with one attached hydrogen (secondary N) is 1. The zero-order chi connectivity index (χ0) is 10.8. The fraction of sp³-hybridized carbons (Fsp3) is 0.500. The molecule has 0 radical (unpaired) electrons. The predicted molar refractivity (Wildman–Crippen MR) is 59.7 cm³/mol. The van der Waals surface area contributed by atoms with Crippen LogP contribution < -0.4 is 14.8 Å². The number of ether oxygens (including phenoxy) is 2. The maximum absolute atomic E-state index is 5.51. The molecule has 1 aliphatic heterocycles. The molecule has 15 heavy (non-hydrogen) atoms. The topological polar surface area (TPSA) is 30.5 Å². The molecule has 0 saturated carbocycles. The first-order valence-electron chi connectivity index (χ1n) is 5.27. The average molecular weight is 207 g/mol. The van der Waals surface area contributed by atoms with Gasteiger partial charge in [0, 0.05) is 0 Å². The van der Waals surface area contributed by atoms with Gasteiger partial charge in [-0.25, -0.2) is 0 Å². The molecule has 0 atom stereocenters. The molecule has 82 valence electrons. The van der Waals surface area contributed by atoms with Crippen molar-refractivity contribution >= 4 is 0 Å². The minimum Gasteiger partial charge on any atom is -0.453 e. The van der Waals surface area contributed by atoms with Crippen LogP contribution in [0.2, 0.25) is 0 Å². The van der Waals surface area contributed by atoms with E-state index in [9.17, 15) is 0 Å². The van der Waals surface area contributed by atoms with Crippen molar-refractivity contribution in [2.75, 3.05) is 20.4 Å². The Morgan fingerprint density at radius 2 is 2.00 bits per heavy atom. The molecule has 0 bridgehead atoms. The van der Waals surface area contributed by atoms with Gasteiger partial charge in [0.15, 0.2) is 11.5 Å². The molecule has 0 aliphatic carbocycles. The third-order valence-corrected chi connectivity index (χ3v) is 2.87. The molecule has 1 aromatic carbocycles. The van der Waals surface area contributed by atoms with E-state index in [1.54, 1.807) is 0 Å². The lowest BCUT2D eigenvalue weighted by Gasteiger charge is -2.10. The number of hydrogen-bond donors (Lipinski definition) is 1. The Kier molecular flexibility index (Phi) is 2.82. The third-order valence-electron chi connectivity index (χ3n) is 2.87. The van der Waals surface area contributed by atoms with Gasteiger partial charge < -0.3 is 14.8 Å². The van der Waals surface area contributed by atoms with Gasteiger partial charge in [-0.05, 0) is 50.6 Å². The molecule has 1 N–H and O–H groups in total. The molecule has 0 unspecified atom stereocenters. The molecule has 1 aliphatic rings. The number of aryl methyl sites for hydroxylation is 1. The molecule has 0 fully saturated rings. The van der Waals surface area contributed by atoms with Gasteiger partial charge >= 0.3 is 0 Å². The van der Waals surface area contributed by atoms with Gasteiger partial charge in [-0.3, -0.25) is 0 Å². The van der Waals surface area contributed by atoms with Gasteiger partial charge in [0.1, 0.15) is 0 Å². The van der Waals surface area contributed by atoms with Crippen LogP contribution in [0.1, 0.15) is 16.7 Å². The van der Waals surface area contributed by atoms with Crippen molar-refractivity contribution in [1.29, 1.82) is 0 Å². The Morgan fingerprint density at radius 1 is 1.27 bits per heavy atom. The van der Waals surface area contributed by atoms with E-state index in [1.165, 1.54) is 16.7 Å². The summed E-state index contributed by atoms with van der Waals surface area (Å²) in [6.45, 7) is 5.50. The summed E-state index contributed by atoms with van der Waals surface area (Å²) in [5.41, 5.74) is 3.70. The SMILES string of the molecule is CNCCc1cc(C)c(C)c2c1OCO2. The maximum Gasteiger partial charge on any atom is 0.231 e. The van der Waals surface area contributed by atoms with Crippen molar-refractivity contribution in [3.8, 4) is 11.5 Å². The molecule has 0 saturated heterocycles. The van der Waals surface area contributed by atoms with Crippen molar-refractivity contribution in [2.24, 2.45) is 0 Å². The standard InChI is InChI=1S/C12H17NO2/c1-8-6-10(4-5-13-3)12-11(9(8)2)14-7-15-12/h6,13H,4-5,7H2,1-3H3. The quantitative estimate of drug-likeness (QED) is 0.819. The normalized spacial score (nSPS) is 13.3. The van der Waals surface area contributed by atoms with E-state index in [0.717, 1.165) is 24.5 Å². The fourth-order valence-corrected chi connectivity index (χ4v) is 1.86. The third kappa shape index (κ3) is 1.79. The second-order valence-corrected chi connectivity index (χ2v) is 3.90.